The summed E-state index contributed by atoms with van der Waals surface area (Å²) in [7, 11) is 1.92. The van der Waals surface area contributed by atoms with Crippen LogP contribution in [-0.4, -0.2) is 17.9 Å². The van der Waals surface area contributed by atoms with Crippen molar-refractivity contribution in [3.63, 3.8) is 0 Å². The van der Waals surface area contributed by atoms with Crippen molar-refractivity contribution in [3.8, 4) is 0 Å². The number of benzene rings is 1. The summed E-state index contributed by atoms with van der Waals surface area (Å²) in [6, 6.07) is 10.00. The van der Waals surface area contributed by atoms with Gasteiger partial charge in [0.2, 0.25) is 5.91 Å². The molecule has 2 rings (SSSR count). The smallest absolute Gasteiger partial charge is 0.249 e. The van der Waals surface area contributed by atoms with Crippen molar-refractivity contribution in [1.82, 2.24) is 10.2 Å². The molecule has 18 heavy (non-hydrogen) atoms. The second kappa shape index (κ2) is 5.54. The minimum absolute atomic E-state index is 0.00236. The maximum atomic E-state index is 12.1. The van der Waals surface area contributed by atoms with Gasteiger partial charge in [0.1, 0.15) is 0 Å². The molecular formula is C15H18N2O. The Morgan fingerprint density at radius 2 is 2.06 bits per heavy atom. The number of allylic oxidation sites excluding steroid dienone is 1. The Morgan fingerprint density at radius 1 is 1.33 bits per heavy atom. The lowest BCUT2D eigenvalue weighted by molar-refractivity contribution is -0.118. The molecule has 94 valence electrons. The van der Waals surface area contributed by atoms with Crippen LogP contribution in [0.2, 0.25) is 0 Å². The monoisotopic (exact) mass is 242 g/mol. The van der Waals surface area contributed by atoms with Gasteiger partial charge in [-0.3, -0.25) is 4.79 Å². The van der Waals surface area contributed by atoms with Gasteiger partial charge < -0.3 is 10.2 Å². The van der Waals surface area contributed by atoms with Crippen LogP contribution in [0.4, 0.5) is 0 Å². The zero-order chi connectivity index (χ0) is 13.0. The lowest BCUT2D eigenvalue weighted by Crippen LogP contribution is -2.29. The summed E-state index contributed by atoms with van der Waals surface area (Å²) in [5, 5.41) is 3.02. The van der Waals surface area contributed by atoms with Crippen LogP contribution in [0.1, 0.15) is 24.9 Å². The fourth-order valence-corrected chi connectivity index (χ4v) is 1.95. The zero-order valence-corrected chi connectivity index (χ0v) is 10.8. The molecule has 0 aromatic heterocycles. The Kier molecular flexibility index (Phi) is 3.82. The quantitative estimate of drug-likeness (QED) is 0.883. The van der Waals surface area contributed by atoms with Gasteiger partial charge in [0.25, 0.3) is 0 Å². The normalized spacial score (nSPS) is 16.1. The van der Waals surface area contributed by atoms with E-state index in [1.165, 1.54) is 0 Å². The number of amides is 1. The number of rotatable bonds is 3. The first-order valence-electron chi connectivity index (χ1n) is 6.12. The van der Waals surface area contributed by atoms with Gasteiger partial charge in [-0.1, -0.05) is 36.4 Å². The van der Waals surface area contributed by atoms with E-state index in [0.717, 1.165) is 11.1 Å². The molecule has 0 spiro atoms. The van der Waals surface area contributed by atoms with Gasteiger partial charge in [0.05, 0.1) is 6.04 Å². The predicted molar refractivity (Wildman–Crippen MR) is 72.6 cm³/mol. The zero-order valence-electron chi connectivity index (χ0n) is 10.8. The molecule has 1 heterocycles. The molecular weight excluding hydrogens is 224 g/mol. The summed E-state index contributed by atoms with van der Waals surface area (Å²) in [5.41, 5.74) is 1.91. The molecule has 1 atom stereocenters. The largest absolute Gasteiger partial charge is 0.357 e. The van der Waals surface area contributed by atoms with Crippen LogP contribution in [0, 0.1) is 0 Å². The molecule has 1 aromatic rings. The lowest BCUT2D eigenvalue weighted by atomic mass is 10.1. The van der Waals surface area contributed by atoms with Crippen LogP contribution >= 0.6 is 0 Å². The standard InChI is InChI=1S/C15H18N2O/c1-12(13-7-4-3-5-8-13)16-15(18)14-9-6-10-17(2)11-14/h3-8,10-12H,9H2,1-2H3,(H,16,18)/t12-/m0/s1. The summed E-state index contributed by atoms with van der Waals surface area (Å²) in [5.74, 6) is 0.00236. The third kappa shape index (κ3) is 3.00. The van der Waals surface area contributed by atoms with Crippen molar-refractivity contribution >= 4 is 5.91 Å². The fraction of sp³-hybridized carbons (Fsp3) is 0.267. The van der Waals surface area contributed by atoms with Gasteiger partial charge in [-0.25, -0.2) is 0 Å². The van der Waals surface area contributed by atoms with E-state index >= 15 is 0 Å². The Bertz CT molecular complexity index is 477. The molecule has 1 aliphatic heterocycles. The highest BCUT2D eigenvalue weighted by molar-refractivity contribution is 5.94. The van der Waals surface area contributed by atoms with Crippen molar-refractivity contribution in [1.29, 1.82) is 0 Å². The predicted octanol–water partition coefficient (Wildman–Crippen LogP) is 2.60. The Labute approximate surface area is 108 Å². The van der Waals surface area contributed by atoms with Gasteiger partial charge in [-0.2, -0.15) is 0 Å². The topological polar surface area (TPSA) is 32.3 Å². The highest BCUT2D eigenvalue weighted by Crippen LogP contribution is 2.15. The Morgan fingerprint density at radius 3 is 2.72 bits per heavy atom. The molecule has 0 bridgehead atoms. The van der Waals surface area contributed by atoms with E-state index in [4.69, 9.17) is 0 Å². The first-order chi connectivity index (χ1) is 8.66. The first-order valence-corrected chi connectivity index (χ1v) is 6.12. The maximum Gasteiger partial charge on any atom is 0.249 e. The fourth-order valence-electron chi connectivity index (χ4n) is 1.95. The van der Waals surface area contributed by atoms with Crippen LogP contribution in [-0.2, 0) is 4.79 Å². The Balaban J connectivity index is 2.00. The van der Waals surface area contributed by atoms with E-state index in [1.807, 2.05) is 67.7 Å². The van der Waals surface area contributed by atoms with Crippen molar-refractivity contribution < 1.29 is 4.79 Å². The molecule has 0 fully saturated rings. The first kappa shape index (κ1) is 12.4. The summed E-state index contributed by atoms with van der Waals surface area (Å²) in [6.45, 7) is 2.00. The number of nitrogens with zero attached hydrogens (tertiary/aromatic N) is 1. The van der Waals surface area contributed by atoms with E-state index in [2.05, 4.69) is 5.32 Å². The highest BCUT2D eigenvalue weighted by Gasteiger charge is 2.14. The molecule has 3 heteroatoms. The van der Waals surface area contributed by atoms with Crippen molar-refractivity contribution in [2.75, 3.05) is 7.05 Å². The molecule has 0 aliphatic carbocycles. The summed E-state index contributed by atoms with van der Waals surface area (Å²) in [6.07, 6.45) is 6.50. The molecule has 0 radical (unpaired) electrons. The number of carbonyl (C=O) groups is 1. The number of carbonyl (C=O) groups excluding carboxylic acids is 1. The minimum Gasteiger partial charge on any atom is -0.357 e. The average Bonchev–Trinajstić information content (AvgIpc) is 2.39. The highest BCUT2D eigenvalue weighted by atomic mass is 16.1. The molecule has 1 N–H and O–H groups in total. The van der Waals surface area contributed by atoms with Crippen LogP contribution in [0.3, 0.4) is 0 Å². The van der Waals surface area contributed by atoms with Crippen molar-refractivity contribution in [3.05, 3.63) is 59.9 Å². The number of hydrogen-bond acceptors (Lipinski definition) is 2. The molecule has 1 aromatic carbocycles. The summed E-state index contributed by atoms with van der Waals surface area (Å²) < 4.78 is 0. The van der Waals surface area contributed by atoms with E-state index in [1.54, 1.807) is 0 Å². The van der Waals surface area contributed by atoms with Crippen molar-refractivity contribution in [2.24, 2.45) is 0 Å². The second-order valence-electron chi connectivity index (χ2n) is 4.51. The SMILES string of the molecule is C[C@H](NC(=O)C1=CN(C)C=CC1)c1ccccc1. The van der Waals surface area contributed by atoms with Crippen LogP contribution in [0.15, 0.2) is 54.4 Å². The van der Waals surface area contributed by atoms with E-state index < -0.39 is 0 Å². The van der Waals surface area contributed by atoms with E-state index in [9.17, 15) is 4.79 Å². The van der Waals surface area contributed by atoms with Crippen LogP contribution < -0.4 is 5.32 Å². The van der Waals surface area contributed by atoms with Crippen molar-refractivity contribution in [2.45, 2.75) is 19.4 Å². The third-order valence-corrected chi connectivity index (χ3v) is 2.98. The maximum absolute atomic E-state index is 12.1. The van der Waals surface area contributed by atoms with Gasteiger partial charge in [-0.05, 0) is 25.1 Å². The van der Waals surface area contributed by atoms with Crippen LogP contribution in [0.5, 0.6) is 0 Å². The third-order valence-electron chi connectivity index (χ3n) is 2.98. The van der Waals surface area contributed by atoms with Gasteiger partial charge in [0, 0.05) is 18.8 Å². The van der Waals surface area contributed by atoms with E-state index in [-0.39, 0.29) is 11.9 Å². The molecule has 3 nitrogen and oxygen atoms in total. The summed E-state index contributed by atoms with van der Waals surface area (Å²) in [4.78, 5) is 14.0. The van der Waals surface area contributed by atoms with Gasteiger partial charge >= 0.3 is 0 Å². The van der Waals surface area contributed by atoms with Gasteiger partial charge in [-0.15, -0.1) is 0 Å². The second-order valence-corrected chi connectivity index (χ2v) is 4.51. The average molecular weight is 242 g/mol. The van der Waals surface area contributed by atoms with Gasteiger partial charge in [0.15, 0.2) is 0 Å². The molecule has 0 unspecified atom stereocenters. The number of nitrogens with one attached hydrogen (secondary N) is 1. The Hall–Kier alpha value is -2.03. The molecule has 0 saturated heterocycles. The number of hydrogen-bond donors (Lipinski definition) is 1. The summed E-state index contributed by atoms with van der Waals surface area (Å²) >= 11 is 0. The van der Waals surface area contributed by atoms with E-state index in [0.29, 0.717) is 6.42 Å². The van der Waals surface area contributed by atoms with Crippen LogP contribution in [0.25, 0.3) is 0 Å². The molecule has 1 aliphatic rings. The minimum atomic E-state index is 0.00236. The molecule has 0 saturated carbocycles. The molecule has 1 amide bonds. The lowest BCUT2D eigenvalue weighted by Gasteiger charge is -2.19.